The number of carbonyl (C=O) groups is 1. The van der Waals surface area contributed by atoms with Crippen LogP contribution in [0.25, 0.3) is 0 Å². The van der Waals surface area contributed by atoms with Gasteiger partial charge in [0.1, 0.15) is 5.75 Å². The second-order valence-corrected chi connectivity index (χ2v) is 4.73. The molecule has 0 bridgehead atoms. The second kappa shape index (κ2) is 4.49. The van der Waals surface area contributed by atoms with Gasteiger partial charge in [0, 0.05) is 17.5 Å². The average molecular weight is 233 g/mol. The number of hydrogen-bond acceptors (Lipinski definition) is 3. The van der Waals surface area contributed by atoms with Crippen LogP contribution in [0.1, 0.15) is 35.7 Å². The zero-order valence-electron chi connectivity index (χ0n) is 10.5. The fourth-order valence-corrected chi connectivity index (χ4v) is 2.09. The Morgan fingerprint density at radius 1 is 1.47 bits per heavy atom. The van der Waals surface area contributed by atoms with E-state index in [4.69, 9.17) is 10.5 Å². The van der Waals surface area contributed by atoms with E-state index in [0.29, 0.717) is 13.2 Å². The third-order valence-electron chi connectivity index (χ3n) is 3.46. The van der Waals surface area contributed by atoms with E-state index in [9.17, 15) is 4.79 Å². The summed E-state index contributed by atoms with van der Waals surface area (Å²) >= 11 is 0. The maximum Gasteiger partial charge on any atom is 0.170 e. The number of ether oxygens (including phenoxy) is 1. The van der Waals surface area contributed by atoms with Crippen LogP contribution in [-0.4, -0.2) is 18.9 Å². The normalized spacial score (nSPS) is 16.6. The molecule has 3 nitrogen and oxygen atoms in total. The molecular formula is C14H19NO2. The first-order valence-corrected chi connectivity index (χ1v) is 6.11. The van der Waals surface area contributed by atoms with Crippen LogP contribution in [0.15, 0.2) is 18.2 Å². The molecule has 0 unspecified atom stereocenters. The minimum Gasteiger partial charge on any atom is -0.494 e. The SMILES string of the molecule is CCOc1ccc(C(=O)C2(CN)CC2)cc1C. The van der Waals surface area contributed by atoms with Crippen molar-refractivity contribution in [3.63, 3.8) is 0 Å². The highest BCUT2D eigenvalue weighted by atomic mass is 16.5. The molecule has 92 valence electrons. The molecule has 0 heterocycles. The first-order valence-electron chi connectivity index (χ1n) is 6.11. The van der Waals surface area contributed by atoms with Gasteiger partial charge in [0.05, 0.1) is 6.61 Å². The molecule has 2 N–H and O–H groups in total. The van der Waals surface area contributed by atoms with E-state index in [1.54, 1.807) is 0 Å². The van der Waals surface area contributed by atoms with Gasteiger partial charge in [-0.1, -0.05) is 0 Å². The van der Waals surface area contributed by atoms with Crippen molar-refractivity contribution < 1.29 is 9.53 Å². The molecule has 1 aliphatic carbocycles. The summed E-state index contributed by atoms with van der Waals surface area (Å²) in [5.74, 6) is 1.03. The van der Waals surface area contributed by atoms with Crippen LogP contribution in [0, 0.1) is 12.3 Å². The molecule has 1 aliphatic rings. The van der Waals surface area contributed by atoms with Gasteiger partial charge in [-0.2, -0.15) is 0 Å². The number of nitrogens with two attached hydrogens (primary N) is 1. The molecule has 0 radical (unpaired) electrons. The lowest BCUT2D eigenvalue weighted by molar-refractivity contribution is 0.0905. The quantitative estimate of drug-likeness (QED) is 0.794. The highest BCUT2D eigenvalue weighted by molar-refractivity contribution is 6.02. The molecule has 1 aromatic rings. The van der Waals surface area contributed by atoms with Crippen LogP contribution in [0.2, 0.25) is 0 Å². The van der Waals surface area contributed by atoms with Crippen LogP contribution >= 0.6 is 0 Å². The molecule has 3 heteroatoms. The van der Waals surface area contributed by atoms with E-state index in [0.717, 1.165) is 29.7 Å². The molecular weight excluding hydrogens is 214 g/mol. The lowest BCUT2D eigenvalue weighted by Crippen LogP contribution is -2.25. The molecule has 1 fully saturated rings. The maximum absolute atomic E-state index is 12.3. The summed E-state index contributed by atoms with van der Waals surface area (Å²) in [5.41, 5.74) is 7.18. The molecule has 1 aromatic carbocycles. The zero-order valence-corrected chi connectivity index (χ0v) is 10.5. The van der Waals surface area contributed by atoms with Gasteiger partial charge < -0.3 is 10.5 Å². The minimum absolute atomic E-state index is 0.186. The summed E-state index contributed by atoms with van der Waals surface area (Å²) in [6.07, 6.45) is 1.85. The maximum atomic E-state index is 12.3. The van der Waals surface area contributed by atoms with Crippen molar-refractivity contribution in [1.29, 1.82) is 0 Å². The second-order valence-electron chi connectivity index (χ2n) is 4.73. The Labute approximate surface area is 102 Å². The van der Waals surface area contributed by atoms with Crippen molar-refractivity contribution >= 4 is 5.78 Å². The molecule has 0 amide bonds. The Morgan fingerprint density at radius 3 is 2.65 bits per heavy atom. The molecule has 2 rings (SSSR count). The van der Waals surface area contributed by atoms with Crippen molar-refractivity contribution in [2.24, 2.45) is 11.1 Å². The van der Waals surface area contributed by atoms with Gasteiger partial charge in [-0.3, -0.25) is 4.79 Å². The van der Waals surface area contributed by atoms with E-state index in [1.807, 2.05) is 32.0 Å². The van der Waals surface area contributed by atoms with Crippen LogP contribution in [0.5, 0.6) is 5.75 Å². The summed E-state index contributed by atoms with van der Waals surface area (Å²) in [6.45, 7) is 5.01. The van der Waals surface area contributed by atoms with Gasteiger partial charge in [-0.15, -0.1) is 0 Å². The molecule has 0 saturated heterocycles. The largest absolute Gasteiger partial charge is 0.494 e. The van der Waals surface area contributed by atoms with Gasteiger partial charge >= 0.3 is 0 Å². The number of benzene rings is 1. The Balaban J connectivity index is 2.23. The number of ketones is 1. The molecule has 0 atom stereocenters. The van der Waals surface area contributed by atoms with Crippen molar-refractivity contribution in [3.05, 3.63) is 29.3 Å². The third-order valence-corrected chi connectivity index (χ3v) is 3.46. The molecule has 0 aromatic heterocycles. The van der Waals surface area contributed by atoms with E-state index < -0.39 is 0 Å². The lowest BCUT2D eigenvalue weighted by Gasteiger charge is -2.13. The van der Waals surface area contributed by atoms with Gasteiger partial charge in [0.15, 0.2) is 5.78 Å². The Kier molecular flexibility index (Phi) is 3.20. The molecule has 17 heavy (non-hydrogen) atoms. The molecule has 0 aliphatic heterocycles. The Bertz CT molecular complexity index is 436. The summed E-state index contributed by atoms with van der Waals surface area (Å²) in [4.78, 5) is 12.3. The number of Topliss-reactive ketones (excluding diaryl/α,β-unsaturated/α-hetero) is 1. The van der Waals surface area contributed by atoms with Crippen molar-refractivity contribution in [3.8, 4) is 5.75 Å². The highest BCUT2D eigenvalue weighted by Crippen LogP contribution is 2.47. The molecule has 1 saturated carbocycles. The van der Waals surface area contributed by atoms with Crippen molar-refractivity contribution in [2.45, 2.75) is 26.7 Å². The summed E-state index contributed by atoms with van der Waals surface area (Å²) in [7, 11) is 0. The van der Waals surface area contributed by atoms with E-state index >= 15 is 0 Å². The van der Waals surface area contributed by atoms with E-state index in [1.165, 1.54) is 0 Å². The number of aryl methyl sites for hydroxylation is 1. The standard InChI is InChI=1S/C14H19NO2/c1-3-17-12-5-4-11(8-10(12)2)13(16)14(9-15)6-7-14/h4-5,8H,3,6-7,9,15H2,1-2H3. The monoisotopic (exact) mass is 233 g/mol. The van der Waals surface area contributed by atoms with Gasteiger partial charge in [0.2, 0.25) is 0 Å². The predicted octanol–water partition coefficient (Wildman–Crippen LogP) is 2.32. The predicted molar refractivity (Wildman–Crippen MR) is 67.4 cm³/mol. The number of rotatable bonds is 5. The van der Waals surface area contributed by atoms with Gasteiger partial charge in [0.25, 0.3) is 0 Å². The minimum atomic E-state index is -0.264. The van der Waals surface area contributed by atoms with E-state index in [-0.39, 0.29) is 11.2 Å². The number of carbonyl (C=O) groups excluding carboxylic acids is 1. The Morgan fingerprint density at radius 2 is 2.18 bits per heavy atom. The summed E-state index contributed by atoms with van der Waals surface area (Å²) in [6, 6.07) is 5.62. The summed E-state index contributed by atoms with van der Waals surface area (Å²) < 4.78 is 5.46. The van der Waals surface area contributed by atoms with Crippen molar-refractivity contribution in [2.75, 3.05) is 13.2 Å². The van der Waals surface area contributed by atoms with Crippen LogP contribution in [-0.2, 0) is 0 Å². The fraction of sp³-hybridized carbons (Fsp3) is 0.500. The number of hydrogen-bond donors (Lipinski definition) is 1. The Hall–Kier alpha value is -1.35. The first kappa shape index (κ1) is 12.1. The smallest absolute Gasteiger partial charge is 0.170 e. The molecule has 0 spiro atoms. The average Bonchev–Trinajstić information content (AvgIpc) is 3.12. The lowest BCUT2D eigenvalue weighted by atomic mass is 9.94. The van der Waals surface area contributed by atoms with Crippen LogP contribution in [0.4, 0.5) is 0 Å². The first-order chi connectivity index (χ1) is 8.13. The van der Waals surface area contributed by atoms with E-state index in [2.05, 4.69) is 0 Å². The van der Waals surface area contributed by atoms with Gasteiger partial charge in [-0.25, -0.2) is 0 Å². The van der Waals surface area contributed by atoms with Crippen LogP contribution < -0.4 is 10.5 Å². The zero-order chi connectivity index (χ0) is 12.5. The fourth-order valence-electron chi connectivity index (χ4n) is 2.09. The van der Waals surface area contributed by atoms with Gasteiger partial charge in [-0.05, 0) is 50.5 Å². The third kappa shape index (κ3) is 2.20. The van der Waals surface area contributed by atoms with Crippen molar-refractivity contribution in [1.82, 2.24) is 0 Å². The summed E-state index contributed by atoms with van der Waals surface area (Å²) in [5, 5.41) is 0. The highest BCUT2D eigenvalue weighted by Gasteiger charge is 2.48. The topological polar surface area (TPSA) is 52.3 Å². The van der Waals surface area contributed by atoms with Crippen LogP contribution in [0.3, 0.4) is 0 Å².